The number of thioether (sulfide) groups is 1. The summed E-state index contributed by atoms with van der Waals surface area (Å²) in [6.07, 6.45) is 1.97. The Hall–Kier alpha value is -2.58. The number of thiocarbonyl (C=S) groups is 1. The Morgan fingerprint density at radius 2 is 1.91 bits per heavy atom. The van der Waals surface area contributed by atoms with Crippen molar-refractivity contribution in [1.29, 1.82) is 0 Å². The molecular formula is C24H26N2O4S2. The number of ether oxygens (including phenoxy) is 1. The summed E-state index contributed by atoms with van der Waals surface area (Å²) in [5, 5.41) is 15.3. The smallest absolute Gasteiger partial charge is 0.286 e. The minimum atomic E-state index is -0.666. The van der Waals surface area contributed by atoms with E-state index in [1.165, 1.54) is 0 Å². The third-order valence-corrected chi connectivity index (χ3v) is 7.92. The number of aromatic hydroxyl groups is 1. The standard InChI is InChI=1S/C24H26N2O4S2/c1-12-13(2)20-17(14(3)19(12)27)9-10-24(4,30-20)22(31)25-16-7-5-15(6-8-16)11-18-21(28)26-23(29)32-18/h5-8,18,27H,9-11H2,1-4H3,(H,25,31)(H,26,28,29). The molecule has 6 nitrogen and oxygen atoms in total. The summed E-state index contributed by atoms with van der Waals surface area (Å²) >= 11 is 6.76. The Balaban J connectivity index is 1.46. The molecule has 2 atom stereocenters. The van der Waals surface area contributed by atoms with Crippen molar-refractivity contribution < 1.29 is 19.4 Å². The lowest BCUT2D eigenvalue weighted by molar-refractivity contribution is -0.118. The Morgan fingerprint density at radius 1 is 1.22 bits per heavy atom. The Bertz CT molecular complexity index is 1130. The van der Waals surface area contributed by atoms with Crippen molar-refractivity contribution >= 4 is 45.8 Å². The van der Waals surface area contributed by atoms with Crippen molar-refractivity contribution in [3.05, 3.63) is 52.1 Å². The van der Waals surface area contributed by atoms with Crippen LogP contribution in [0.25, 0.3) is 0 Å². The third-order valence-electron chi connectivity index (χ3n) is 6.40. The number of anilines is 1. The summed E-state index contributed by atoms with van der Waals surface area (Å²) in [6.45, 7) is 7.78. The van der Waals surface area contributed by atoms with Crippen LogP contribution in [0.1, 0.15) is 41.2 Å². The maximum Gasteiger partial charge on any atom is 0.286 e. The molecule has 0 radical (unpaired) electrons. The molecule has 32 heavy (non-hydrogen) atoms. The first-order valence-electron chi connectivity index (χ1n) is 10.5. The van der Waals surface area contributed by atoms with Gasteiger partial charge in [0.1, 0.15) is 16.5 Å². The highest BCUT2D eigenvalue weighted by molar-refractivity contribution is 8.15. The lowest BCUT2D eigenvalue weighted by Gasteiger charge is -2.38. The van der Waals surface area contributed by atoms with Gasteiger partial charge in [-0.25, -0.2) is 0 Å². The van der Waals surface area contributed by atoms with Gasteiger partial charge in [0, 0.05) is 11.3 Å². The fourth-order valence-electron chi connectivity index (χ4n) is 4.14. The fourth-order valence-corrected chi connectivity index (χ4v) is 5.26. The molecule has 2 aliphatic heterocycles. The number of carbonyl (C=O) groups excluding carboxylic acids is 2. The van der Waals surface area contributed by atoms with Crippen LogP contribution in [-0.4, -0.2) is 32.1 Å². The topological polar surface area (TPSA) is 87.7 Å². The van der Waals surface area contributed by atoms with Crippen molar-refractivity contribution in [1.82, 2.24) is 5.32 Å². The van der Waals surface area contributed by atoms with Crippen LogP contribution >= 0.6 is 24.0 Å². The molecule has 3 N–H and O–H groups in total. The van der Waals surface area contributed by atoms with E-state index in [2.05, 4.69) is 10.6 Å². The summed E-state index contributed by atoms with van der Waals surface area (Å²) in [7, 11) is 0. The lowest BCUT2D eigenvalue weighted by atomic mass is 9.87. The summed E-state index contributed by atoms with van der Waals surface area (Å²) < 4.78 is 6.44. The maximum absolute atomic E-state index is 11.8. The number of hydrogen-bond acceptors (Lipinski definition) is 6. The van der Waals surface area contributed by atoms with Crippen LogP contribution in [0.2, 0.25) is 0 Å². The molecule has 0 aromatic heterocycles. The van der Waals surface area contributed by atoms with E-state index in [1.54, 1.807) is 0 Å². The molecule has 2 amide bonds. The zero-order chi connectivity index (χ0) is 23.2. The second-order valence-electron chi connectivity index (χ2n) is 8.60. The molecule has 8 heteroatoms. The average molecular weight is 471 g/mol. The molecule has 0 aliphatic carbocycles. The van der Waals surface area contributed by atoms with Crippen LogP contribution in [0.15, 0.2) is 24.3 Å². The maximum atomic E-state index is 11.8. The minimum absolute atomic E-state index is 0.236. The zero-order valence-electron chi connectivity index (χ0n) is 18.5. The van der Waals surface area contributed by atoms with Gasteiger partial charge in [0.05, 0.1) is 5.25 Å². The second kappa shape index (κ2) is 8.41. The number of carbonyl (C=O) groups is 2. The summed E-state index contributed by atoms with van der Waals surface area (Å²) in [5.41, 5.74) is 4.82. The Kier molecular flexibility index (Phi) is 5.94. The molecule has 2 aromatic carbocycles. The highest BCUT2D eigenvalue weighted by Crippen LogP contribution is 2.43. The summed E-state index contributed by atoms with van der Waals surface area (Å²) in [5.74, 6) is 0.917. The van der Waals surface area contributed by atoms with Gasteiger partial charge in [-0.05, 0) is 81.3 Å². The van der Waals surface area contributed by atoms with E-state index in [9.17, 15) is 14.7 Å². The molecule has 168 valence electrons. The molecule has 2 unspecified atom stereocenters. The van der Waals surface area contributed by atoms with Crippen molar-refractivity contribution in [2.24, 2.45) is 0 Å². The van der Waals surface area contributed by atoms with Crippen LogP contribution in [-0.2, 0) is 17.6 Å². The van der Waals surface area contributed by atoms with E-state index in [0.29, 0.717) is 23.6 Å². The summed E-state index contributed by atoms with van der Waals surface area (Å²) in [6, 6.07) is 7.69. The van der Waals surface area contributed by atoms with Gasteiger partial charge in [-0.1, -0.05) is 36.1 Å². The molecular weight excluding hydrogens is 444 g/mol. The Labute approximate surface area is 197 Å². The third kappa shape index (κ3) is 4.09. The van der Waals surface area contributed by atoms with Gasteiger partial charge in [0.25, 0.3) is 5.24 Å². The number of amides is 2. The predicted octanol–water partition coefficient (Wildman–Crippen LogP) is 4.73. The monoisotopic (exact) mass is 470 g/mol. The van der Waals surface area contributed by atoms with Crippen LogP contribution in [0, 0.1) is 20.8 Å². The van der Waals surface area contributed by atoms with Crippen molar-refractivity contribution in [2.75, 3.05) is 5.32 Å². The molecule has 4 rings (SSSR count). The van der Waals surface area contributed by atoms with Gasteiger partial charge in [0.2, 0.25) is 5.91 Å². The summed E-state index contributed by atoms with van der Waals surface area (Å²) in [4.78, 5) is 23.7. The number of benzene rings is 2. The second-order valence-corrected chi connectivity index (χ2v) is 10.2. The highest BCUT2D eigenvalue weighted by atomic mass is 32.2. The number of fused-ring (bicyclic) bond motifs is 1. The number of phenols is 1. The molecule has 1 saturated heterocycles. The van der Waals surface area contributed by atoms with Gasteiger partial charge in [-0.15, -0.1) is 0 Å². The van der Waals surface area contributed by atoms with Crippen molar-refractivity contribution in [3.8, 4) is 11.5 Å². The number of nitrogens with one attached hydrogen (secondary N) is 2. The zero-order valence-corrected chi connectivity index (χ0v) is 20.1. The van der Waals surface area contributed by atoms with Gasteiger partial charge < -0.3 is 15.2 Å². The lowest BCUT2D eigenvalue weighted by Crippen LogP contribution is -2.47. The van der Waals surface area contributed by atoms with Gasteiger partial charge in [-0.3, -0.25) is 14.9 Å². The quantitative estimate of drug-likeness (QED) is 0.557. The van der Waals surface area contributed by atoms with Crippen LogP contribution in [0.4, 0.5) is 10.5 Å². The van der Waals surface area contributed by atoms with E-state index in [0.717, 1.165) is 57.4 Å². The Morgan fingerprint density at radius 3 is 2.53 bits per heavy atom. The molecule has 2 heterocycles. The van der Waals surface area contributed by atoms with E-state index in [-0.39, 0.29) is 16.4 Å². The number of rotatable bonds is 4. The van der Waals surface area contributed by atoms with Gasteiger partial charge in [0.15, 0.2) is 5.60 Å². The number of imide groups is 1. The minimum Gasteiger partial charge on any atom is -0.507 e. The SMILES string of the molecule is Cc1c(C)c2c(c(C)c1O)CCC(C)(C(=S)Nc1ccc(CC3SC(=O)NC3=O)cc1)O2. The molecule has 0 bridgehead atoms. The predicted molar refractivity (Wildman–Crippen MR) is 131 cm³/mol. The van der Waals surface area contributed by atoms with Crippen LogP contribution < -0.4 is 15.4 Å². The van der Waals surface area contributed by atoms with E-state index in [1.807, 2.05) is 52.0 Å². The van der Waals surface area contributed by atoms with Crippen LogP contribution in [0.3, 0.4) is 0 Å². The van der Waals surface area contributed by atoms with E-state index in [4.69, 9.17) is 17.0 Å². The normalized spacial score (nSPS) is 22.2. The molecule has 0 spiro atoms. The van der Waals surface area contributed by atoms with Crippen molar-refractivity contribution in [3.63, 3.8) is 0 Å². The van der Waals surface area contributed by atoms with Crippen LogP contribution in [0.5, 0.6) is 11.5 Å². The molecule has 2 aromatic rings. The average Bonchev–Trinajstić information content (AvgIpc) is 3.08. The van der Waals surface area contributed by atoms with Crippen molar-refractivity contribution in [2.45, 2.75) is 57.8 Å². The van der Waals surface area contributed by atoms with Gasteiger partial charge >= 0.3 is 0 Å². The fraction of sp³-hybridized carbons (Fsp3) is 0.375. The number of hydrogen-bond donors (Lipinski definition) is 3. The first kappa shape index (κ1) is 22.6. The first-order valence-corrected chi connectivity index (χ1v) is 11.8. The largest absolute Gasteiger partial charge is 0.507 e. The highest BCUT2D eigenvalue weighted by Gasteiger charge is 2.38. The first-order chi connectivity index (χ1) is 15.1. The van der Waals surface area contributed by atoms with Gasteiger partial charge in [-0.2, -0.15) is 0 Å². The van der Waals surface area contributed by atoms with E-state index >= 15 is 0 Å². The molecule has 0 saturated carbocycles. The number of phenolic OH excluding ortho intramolecular Hbond substituents is 1. The molecule has 1 fully saturated rings. The van der Waals surface area contributed by atoms with E-state index < -0.39 is 5.60 Å². The molecule has 2 aliphatic rings.